The van der Waals surface area contributed by atoms with E-state index in [1.165, 1.54) is 0 Å². The van der Waals surface area contributed by atoms with Crippen molar-refractivity contribution in [1.29, 1.82) is 0 Å². The molecule has 0 N–H and O–H groups in total. The Kier molecular flexibility index (Phi) is 2.48. The van der Waals surface area contributed by atoms with Crippen LogP contribution in [0.4, 0.5) is 0 Å². The summed E-state index contributed by atoms with van der Waals surface area (Å²) >= 11 is 0. The second-order valence-corrected chi connectivity index (χ2v) is 4.48. The minimum atomic E-state index is 0.00926. The average molecular weight is 233 g/mol. The van der Waals surface area contributed by atoms with E-state index in [1.54, 1.807) is 9.25 Å². The van der Waals surface area contributed by atoms with Gasteiger partial charge in [0.15, 0.2) is 5.52 Å². The van der Waals surface area contributed by atoms with E-state index in [1.807, 2.05) is 25.5 Å². The van der Waals surface area contributed by atoms with Gasteiger partial charge in [-0.1, -0.05) is 0 Å². The Bertz CT molecular complexity index is 593. The lowest BCUT2D eigenvalue weighted by molar-refractivity contribution is 0.0688. The minimum Gasteiger partial charge on any atom is -0.381 e. The third kappa shape index (κ3) is 1.76. The summed E-state index contributed by atoms with van der Waals surface area (Å²) < 4.78 is 8.80. The largest absolute Gasteiger partial charge is 0.381 e. The number of pyridine rings is 1. The molecular formula is C12H15N3O2. The molecule has 2 aromatic heterocycles. The number of fused-ring (bicyclic) bond motifs is 1. The summed E-state index contributed by atoms with van der Waals surface area (Å²) in [5.74, 6) is 0. The first-order valence-corrected chi connectivity index (χ1v) is 5.88. The summed E-state index contributed by atoms with van der Waals surface area (Å²) in [6, 6.07) is 2.21. The Morgan fingerprint density at radius 2 is 2.18 bits per heavy atom. The highest BCUT2D eigenvalue weighted by Gasteiger charge is 2.18. The zero-order chi connectivity index (χ0) is 11.8. The molecule has 5 heteroatoms. The van der Waals surface area contributed by atoms with Crippen LogP contribution in [0.15, 0.2) is 23.3 Å². The fourth-order valence-electron chi connectivity index (χ4n) is 2.40. The van der Waals surface area contributed by atoms with Gasteiger partial charge in [-0.3, -0.25) is 9.48 Å². The number of aryl methyl sites for hydroxylation is 1. The Morgan fingerprint density at radius 3 is 2.94 bits per heavy atom. The molecule has 1 aliphatic rings. The van der Waals surface area contributed by atoms with Gasteiger partial charge in [-0.15, -0.1) is 0 Å². The lowest BCUT2D eigenvalue weighted by atomic mass is 10.1. The first-order valence-electron chi connectivity index (χ1n) is 5.88. The molecule has 0 atom stereocenters. The van der Waals surface area contributed by atoms with E-state index in [-0.39, 0.29) is 11.6 Å². The molecule has 1 aliphatic heterocycles. The normalized spacial score (nSPS) is 17.7. The van der Waals surface area contributed by atoms with Crippen molar-refractivity contribution >= 4 is 10.9 Å². The topological polar surface area (TPSA) is 49.0 Å². The van der Waals surface area contributed by atoms with Crippen molar-refractivity contribution < 1.29 is 4.74 Å². The van der Waals surface area contributed by atoms with Gasteiger partial charge < -0.3 is 9.30 Å². The Labute approximate surface area is 98.6 Å². The van der Waals surface area contributed by atoms with Crippen LogP contribution in [0.25, 0.3) is 10.9 Å². The van der Waals surface area contributed by atoms with Crippen LogP contribution in [0.1, 0.15) is 18.9 Å². The van der Waals surface area contributed by atoms with Gasteiger partial charge in [0.05, 0.1) is 0 Å². The zero-order valence-electron chi connectivity index (χ0n) is 9.80. The smallest absolute Gasteiger partial charge is 0.279 e. The average Bonchev–Trinajstić information content (AvgIpc) is 2.72. The lowest BCUT2D eigenvalue weighted by Crippen LogP contribution is -2.28. The number of ether oxygens (including phenoxy) is 1. The van der Waals surface area contributed by atoms with E-state index in [0.29, 0.717) is 5.52 Å². The second kappa shape index (κ2) is 4.00. The summed E-state index contributed by atoms with van der Waals surface area (Å²) in [5.41, 5.74) is 0.566. The lowest BCUT2D eigenvalue weighted by Gasteiger charge is -2.23. The van der Waals surface area contributed by atoms with Crippen molar-refractivity contribution in [2.75, 3.05) is 13.2 Å². The molecular weight excluding hydrogens is 218 g/mol. The van der Waals surface area contributed by atoms with Gasteiger partial charge in [0.25, 0.3) is 5.56 Å². The predicted molar refractivity (Wildman–Crippen MR) is 64.1 cm³/mol. The molecule has 0 bridgehead atoms. The van der Waals surface area contributed by atoms with E-state index in [2.05, 4.69) is 5.10 Å². The molecule has 0 aliphatic carbocycles. The molecule has 5 nitrogen and oxygen atoms in total. The predicted octanol–water partition coefficient (Wildman–Crippen LogP) is 1.09. The van der Waals surface area contributed by atoms with Crippen LogP contribution in [0.3, 0.4) is 0 Å². The van der Waals surface area contributed by atoms with Crippen molar-refractivity contribution in [2.24, 2.45) is 7.05 Å². The van der Waals surface area contributed by atoms with E-state index in [0.717, 1.165) is 31.4 Å². The van der Waals surface area contributed by atoms with Crippen LogP contribution in [0.5, 0.6) is 0 Å². The van der Waals surface area contributed by atoms with Crippen LogP contribution in [0.2, 0.25) is 0 Å². The molecule has 17 heavy (non-hydrogen) atoms. The molecule has 0 saturated carbocycles. The van der Waals surface area contributed by atoms with Gasteiger partial charge in [0.2, 0.25) is 0 Å². The molecule has 90 valence electrons. The number of aromatic nitrogens is 3. The van der Waals surface area contributed by atoms with Crippen molar-refractivity contribution in [3.05, 3.63) is 28.8 Å². The van der Waals surface area contributed by atoms with E-state index >= 15 is 0 Å². The molecule has 1 fully saturated rings. The molecule has 0 unspecified atom stereocenters. The molecule has 0 radical (unpaired) electrons. The highest BCUT2D eigenvalue weighted by atomic mass is 16.5. The number of hydrogen-bond donors (Lipinski definition) is 0. The Morgan fingerprint density at radius 1 is 1.41 bits per heavy atom. The monoisotopic (exact) mass is 233 g/mol. The summed E-state index contributed by atoms with van der Waals surface area (Å²) in [5, 5.41) is 5.12. The summed E-state index contributed by atoms with van der Waals surface area (Å²) in [6.07, 6.45) is 5.55. The third-order valence-corrected chi connectivity index (χ3v) is 3.29. The maximum absolute atomic E-state index is 12.3. The maximum atomic E-state index is 12.3. The molecule has 0 amide bonds. The van der Waals surface area contributed by atoms with Crippen LogP contribution in [-0.4, -0.2) is 27.6 Å². The number of rotatable bonds is 1. The standard InChI is InChI=1S/C12H15N3O2/c1-14-8-9-2-5-15(12(16)11(9)13-14)10-3-6-17-7-4-10/h2,5,8,10H,3-4,6-7H2,1H3. The maximum Gasteiger partial charge on any atom is 0.279 e. The summed E-state index contributed by atoms with van der Waals surface area (Å²) in [4.78, 5) is 12.3. The molecule has 0 aromatic carbocycles. The first-order chi connectivity index (χ1) is 8.25. The molecule has 0 spiro atoms. The fourth-order valence-corrected chi connectivity index (χ4v) is 2.40. The number of hydrogen-bond acceptors (Lipinski definition) is 3. The highest BCUT2D eigenvalue weighted by Crippen LogP contribution is 2.19. The van der Waals surface area contributed by atoms with Crippen LogP contribution in [0, 0.1) is 0 Å². The second-order valence-electron chi connectivity index (χ2n) is 4.48. The quantitative estimate of drug-likeness (QED) is 0.740. The van der Waals surface area contributed by atoms with Gasteiger partial charge in [-0.05, 0) is 18.9 Å². The van der Waals surface area contributed by atoms with Gasteiger partial charge in [-0.2, -0.15) is 5.10 Å². The Balaban J connectivity index is 2.10. The number of nitrogens with zero attached hydrogens (tertiary/aromatic N) is 3. The fraction of sp³-hybridized carbons (Fsp3) is 0.500. The van der Waals surface area contributed by atoms with Crippen LogP contribution >= 0.6 is 0 Å². The van der Waals surface area contributed by atoms with Crippen LogP contribution < -0.4 is 5.56 Å². The van der Waals surface area contributed by atoms with Crippen molar-refractivity contribution in [3.8, 4) is 0 Å². The van der Waals surface area contributed by atoms with Crippen molar-refractivity contribution in [1.82, 2.24) is 14.3 Å². The summed E-state index contributed by atoms with van der Waals surface area (Å²) in [7, 11) is 1.83. The van der Waals surface area contributed by atoms with Gasteiger partial charge in [0, 0.05) is 44.1 Å². The van der Waals surface area contributed by atoms with E-state index < -0.39 is 0 Å². The Hall–Kier alpha value is -1.62. The summed E-state index contributed by atoms with van der Waals surface area (Å²) in [6.45, 7) is 1.47. The molecule has 3 heterocycles. The van der Waals surface area contributed by atoms with E-state index in [4.69, 9.17) is 4.74 Å². The molecule has 1 saturated heterocycles. The van der Waals surface area contributed by atoms with Crippen molar-refractivity contribution in [3.63, 3.8) is 0 Å². The van der Waals surface area contributed by atoms with Gasteiger partial charge >= 0.3 is 0 Å². The SMILES string of the molecule is Cn1cc2ccn(C3CCOCC3)c(=O)c2n1. The molecule has 3 rings (SSSR count). The molecule has 2 aromatic rings. The minimum absolute atomic E-state index is 0.00926. The van der Waals surface area contributed by atoms with Crippen LogP contribution in [-0.2, 0) is 11.8 Å². The highest BCUT2D eigenvalue weighted by molar-refractivity contribution is 5.76. The zero-order valence-corrected chi connectivity index (χ0v) is 9.80. The van der Waals surface area contributed by atoms with Gasteiger partial charge in [-0.25, -0.2) is 0 Å². The van der Waals surface area contributed by atoms with E-state index in [9.17, 15) is 4.79 Å². The van der Waals surface area contributed by atoms with Crippen molar-refractivity contribution in [2.45, 2.75) is 18.9 Å². The van der Waals surface area contributed by atoms with Gasteiger partial charge in [0.1, 0.15) is 0 Å². The first kappa shape index (κ1) is 10.5. The third-order valence-electron chi connectivity index (χ3n) is 3.29.